The fourth-order valence-corrected chi connectivity index (χ4v) is 1.21. The minimum Gasteiger partial charge on any atom is -0.384 e. The van der Waals surface area contributed by atoms with Gasteiger partial charge in [-0.05, 0) is 18.2 Å². The first kappa shape index (κ1) is 11.5. The van der Waals surface area contributed by atoms with Gasteiger partial charge in [0.2, 0.25) is 0 Å². The van der Waals surface area contributed by atoms with Gasteiger partial charge in [0, 0.05) is 23.2 Å². The van der Waals surface area contributed by atoms with Crippen molar-refractivity contribution in [2.75, 3.05) is 18.4 Å². The highest BCUT2D eigenvalue weighted by Crippen LogP contribution is 2.14. The van der Waals surface area contributed by atoms with E-state index in [0.717, 1.165) is 16.7 Å². The first-order valence-electron chi connectivity index (χ1n) is 3.52. The Morgan fingerprint density at radius 2 is 2.17 bits per heavy atom. The number of hydrogen-bond donors (Lipinski definition) is 2. The predicted molar refractivity (Wildman–Crippen MR) is 58.4 cm³/mol. The Morgan fingerprint density at radius 3 is 2.75 bits per heavy atom. The van der Waals surface area contributed by atoms with Crippen LogP contribution in [-0.2, 0) is 0 Å². The molecule has 3 N–H and O–H groups in total. The van der Waals surface area contributed by atoms with E-state index in [0.29, 0.717) is 6.54 Å². The van der Waals surface area contributed by atoms with Crippen LogP contribution in [0.3, 0.4) is 0 Å². The van der Waals surface area contributed by atoms with E-state index >= 15 is 0 Å². The van der Waals surface area contributed by atoms with Gasteiger partial charge >= 0.3 is 0 Å². The van der Waals surface area contributed by atoms with E-state index in [1.807, 2.05) is 24.3 Å². The third-order valence-corrected chi connectivity index (χ3v) is 1.79. The van der Waals surface area contributed by atoms with Crippen LogP contribution in [0.15, 0.2) is 28.7 Å². The van der Waals surface area contributed by atoms with E-state index < -0.39 is 0 Å². The summed E-state index contributed by atoms with van der Waals surface area (Å²) in [6.07, 6.45) is 0. The average Bonchev–Trinajstić information content (AvgIpc) is 2.01. The average molecular weight is 231 g/mol. The molecule has 0 aliphatic heterocycles. The summed E-state index contributed by atoms with van der Waals surface area (Å²) in [6.45, 7) is 1.48. The van der Waals surface area contributed by atoms with Gasteiger partial charge in [-0.15, -0.1) is 0 Å². The van der Waals surface area contributed by atoms with Gasteiger partial charge in [-0.25, -0.2) is 0 Å². The third kappa shape index (κ3) is 3.74. The second kappa shape index (κ2) is 6.03. The largest absolute Gasteiger partial charge is 0.384 e. The van der Waals surface area contributed by atoms with E-state index in [4.69, 9.17) is 5.73 Å². The van der Waals surface area contributed by atoms with Crippen molar-refractivity contribution >= 4 is 21.6 Å². The molecule has 0 aromatic heterocycles. The quantitative estimate of drug-likeness (QED) is 0.838. The molecule has 0 fully saturated rings. The Hall–Kier alpha value is -0.540. The molecule has 0 saturated heterocycles. The molecule has 0 atom stereocenters. The van der Waals surface area contributed by atoms with Crippen molar-refractivity contribution in [3.63, 3.8) is 0 Å². The molecule has 0 saturated carbocycles. The SMILES string of the molecule is C.NCCNc1cccc(Br)c1. The lowest BCUT2D eigenvalue weighted by Crippen LogP contribution is -2.12. The van der Waals surface area contributed by atoms with Crippen LogP contribution in [0.4, 0.5) is 5.69 Å². The Bertz CT molecular complexity index is 226. The highest BCUT2D eigenvalue weighted by Gasteiger charge is 1.89. The Balaban J connectivity index is 0.00000121. The third-order valence-electron chi connectivity index (χ3n) is 1.30. The van der Waals surface area contributed by atoms with Crippen molar-refractivity contribution in [1.29, 1.82) is 0 Å². The normalized spacial score (nSPS) is 8.83. The maximum absolute atomic E-state index is 5.34. The monoisotopic (exact) mass is 230 g/mol. The lowest BCUT2D eigenvalue weighted by molar-refractivity contribution is 1.02. The molecule has 2 nitrogen and oxygen atoms in total. The van der Waals surface area contributed by atoms with Crippen LogP contribution >= 0.6 is 15.9 Å². The minimum absolute atomic E-state index is 0. The molecule has 1 aromatic rings. The number of anilines is 1. The van der Waals surface area contributed by atoms with Crippen LogP contribution in [0.1, 0.15) is 7.43 Å². The van der Waals surface area contributed by atoms with Gasteiger partial charge in [-0.3, -0.25) is 0 Å². The van der Waals surface area contributed by atoms with Gasteiger partial charge in [0.1, 0.15) is 0 Å². The van der Waals surface area contributed by atoms with Crippen LogP contribution in [0.25, 0.3) is 0 Å². The van der Waals surface area contributed by atoms with Gasteiger partial charge < -0.3 is 11.1 Å². The number of benzene rings is 1. The number of nitrogens with one attached hydrogen (secondary N) is 1. The maximum atomic E-state index is 5.34. The molecule has 0 spiro atoms. The molecular weight excluding hydrogens is 216 g/mol. The lowest BCUT2D eigenvalue weighted by atomic mass is 10.3. The Kier molecular flexibility index (Phi) is 5.76. The van der Waals surface area contributed by atoms with Crippen LogP contribution in [0.2, 0.25) is 0 Å². The van der Waals surface area contributed by atoms with Gasteiger partial charge in [0.25, 0.3) is 0 Å². The summed E-state index contributed by atoms with van der Waals surface area (Å²) in [7, 11) is 0. The highest BCUT2D eigenvalue weighted by molar-refractivity contribution is 9.10. The van der Waals surface area contributed by atoms with E-state index in [2.05, 4.69) is 21.2 Å². The molecule has 0 heterocycles. The number of halogens is 1. The van der Waals surface area contributed by atoms with Gasteiger partial charge in [0.05, 0.1) is 0 Å². The lowest BCUT2D eigenvalue weighted by Gasteiger charge is -2.03. The molecule has 68 valence electrons. The predicted octanol–water partition coefficient (Wildman–Crippen LogP) is 2.46. The van der Waals surface area contributed by atoms with Crippen LogP contribution in [0, 0.1) is 0 Å². The summed E-state index contributed by atoms with van der Waals surface area (Å²) in [5.74, 6) is 0. The molecule has 1 rings (SSSR count). The highest BCUT2D eigenvalue weighted by atomic mass is 79.9. The number of hydrogen-bond acceptors (Lipinski definition) is 2. The Labute approximate surface area is 82.3 Å². The molecule has 0 unspecified atom stereocenters. The van der Waals surface area contributed by atoms with Crippen LogP contribution < -0.4 is 11.1 Å². The van der Waals surface area contributed by atoms with E-state index in [-0.39, 0.29) is 7.43 Å². The minimum atomic E-state index is 0. The van der Waals surface area contributed by atoms with Crippen molar-refractivity contribution in [2.45, 2.75) is 7.43 Å². The molecule has 12 heavy (non-hydrogen) atoms. The van der Waals surface area contributed by atoms with Crippen LogP contribution in [-0.4, -0.2) is 13.1 Å². The molecule has 0 amide bonds. The van der Waals surface area contributed by atoms with Gasteiger partial charge in [-0.2, -0.15) is 0 Å². The summed E-state index contributed by atoms with van der Waals surface area (Å²) in [5.41, 5.74) is 6.44. The molecule has 0 aliphatic carbocycles. The fraction of sp³-hybridized carbons (Fsp3) is 0.333. The Morgan fingerprint density at radius 1 is 1.42 bits per heavy atom. The number of nitrogens with two attached hydrogens (primary N) is 1. The summed E-state index contributed by atoms with van der Waals surface area (Å²) < 4.78 is 1.08. The van der Waals surface area contributed by atoms with Crippen molar-refractivity contribution in [2.24, 2.45) is 5.73 Å². The molecule has 1 aromatic carbocycles. The zero-order chi connectivity index (χ0) is 8.10. The van der Waals surface area contributed by atoms with Crippen molar-refractivity contribution in [3.8, 4) is 0 Å². The summed E-state index contributed by atoms with van der Waals surface area (Å²) in [5, 5.41) is 3.18. The smallest absolute Gasteiger partial charge is 0.0351 e. The zero-order valence-electron chi connectivity index (χ0n) is 6.18. The first-order valence-corrected chi connectivity index (χ1v) is 4.32. The van der Waals surface area contributed by atoms with Crippen LogP contribution in [0.5, 0.6) is 0 Å². The summed E-state index contributed by atoms with van der Waals surface area (Å²) in [6, 6.07) is 8.02. The maximum Gasteiger partial charge on any atom is 0.0351 e. The molecule has 0 aliphatic rings. The summed E-state index contributed by atoms with van der Waals surface area (Å²) >= 11 is 3.38. The first-order chi connectivity index (χ1) is 5.33. The van der Waals surface area contributed by atoms with E-state index in [1.54, 1.807) is 0 Å². The van der Waals surface area contributed by atoms with Crippen molar-refractivity contribution in [3.05, 3.63) is 28.7 Å². The fourth-order valence-electron chi connectivity index (χ4n) is 0.815. The zero-order valence-corrected chi connectivity index (χ0v) is 7.76. The molecular formula is C9H15BrN2. The van der Waals surface area contributed by atoms with E-state index in [9.17, 15) is 0 Å². The number of rotatable bonds is 3. The second-order valence-electron chi connectivity index (χ2n) is 2.23. The van der Waals surface area contributed by atoms with Gasteiger partial charge in [-0.1, -0.05) is 29.4 Å². The topological polar surface area (TPSA) is 38.0 Å². The molecule has 3 heteroatoms. The second-order valence-corrected chi connectivity index (χ2v) is 3.14. The van der Waals surface area contributed by atoms with E-state index in [1.165, 1.54) is 0 Å². The summed E-state index contributed by atoms with van der Waals surface area (Å²) in [4.78, 5) is 0. The molecule has 0 radical (unpaired) electrons. The van der Waals surface area contributed by atoms with Crippen molar-refractivity contribution < 1.29 is 0 Å². The standard InChI is InChI=1S/C8H11BrN2.CH4/c9-7-2-1-3-8(6-7)11-5-4-10;/h1-3,6,11H,4-5,10H2;1H4. The molecule has 0 bridgehead atoms. The van der Waals surface area contributed by atoms with Gasteiger partial charge in [0.15, 0.2) is 0 Å². The van der Waals surface area contributed by atoms with Crippen molar-refractivity contribution in [1.82, 2.24) is 0 Å².